The van der Waals surface area contributed by atoms with Crippen LogP contribution in [-0.2, 0) is 21.4 Å². The number of hydrogen-bond donors (Lipinski definition) is 2. The fourth-order valence-corrected chi connectivity index (χ4v) is 6.58. The van der Waals surface area contributed by atoms with Gasteiger partial charge in [0, 0.05) is 34.2 Å². The number of benzene rings is 3. The van der Waals surface area contributed by atoms with Gasteiger partial charge in [0.1, 0.15) is 11.5 Å². The van der Waals surface area contributed by atoms with E-state index < -0.39 is 22.0 Å². The van der Waals surface area contributed by atoms with E-state index in [9.17, 15) is 18.0 Å². The fraction of sp³-hybridized carbons (Fsp3) is 0.290. The lowest BCUT2D eigenvalue weighted by molar-refractivity contribution is -0.122. The van der Waals surface area contributed by atoms with Gasteiger partial charge in [0.25, 0.3) is 21.8 Å². The van der Waals surface area contributed by atoms with Crippen LogP contribution < -0.4 is 19.5 Å². The highest BCUT2D eigenvalue weighted by molar-refractivity contribution is 7.90. The number of anilines is 1. The van der Waals surface area contributed by atoms with Crippen LogP contribution in [0.25, 0.3) is 10.9 Å². The first-order chi connectivity index (χ1) is 19.9. The van der Waals surface area contributed by atoms with Crippen LogP contribution >= 0.6 is 11.6 Å². The zero-order valence-electron chi connectivity index (χ0n) is 24.0. The summed E-state index contributed by atoms with van der Waals surface area (Å²) < 4.78 is 42.7. The van der Waals surface area contributed by atoms with E-state index in [1.54, 1.807) is 26.8 Å². The molecule has 42 heavy (non-hydrogen) atoms. The predicted molar refractivity (Wildman–Crippen MR) is 162 cm³/mol. The Hall–Kier alpha value is -4.02. The van der Waals surface area contributed by atoms with E-state index in [0.29, 0.717) is 41.9 Å². The summed E-state index contributed by atoms with van der Waals surface area (Å²) in [6, 6.07) is 14.1. The molecule has 4 aromatic rings. The summed E-state index contributed by atoms with van der Waals surface area (Å²) in [6.45, 7) is 9.84. The van der Waals surface area contributed by atoms with Gasteiger partial charge < -0.3 is 19.4 Å². The highest BCUT2D eigenvalue weighted by Crippen LogP contribution is 2.35. The maximum absolute atomic E-state index is 13.6. The van der Waals surface area contributed by atoms with Gasteiger partial charge in [-0.3, -0.25) is 9.59 Å². The summed E-state index contributed by atoms with van der Waals surface area (Å²) in [5.41, 5.74) is 4.38. The summed E-state index contributed by atoms with van der Waals surface area (Å²) in [4.78, 5) is 25.4. The number of carbonyl (C=O) groups excluding carboxylic acids is 2. The molecule has 1 atom stereocenters. The van der Waals surface area contributed by atoms with Crippen LogP contribution in [0.1, 0.15) is 46.1 Å². The van der Waals surface area contributed by atoms with Gasteiger partial charge >= 0.3 is 0 Å². The standard InChI is InChI=1S/C31H32ClN3O6S/c1-17-15-24-26(41-21(5)30(36)33-24)16-27(17)42(38,39)34-31(37)28-20(4)35(25-10-7-6-9-23(25)28)11-8-12-40-22-13-18(2)29(32)19(3)14-22/h6-7,9-10,13-16,21H,8,11-12H2,1-5H3,(H,33,36)(H,34,37). The molecule has 11 heteroatoms. The molecule has 1 aliphatic rings. The first kappa shape index (κ1) is 29.5. The number of ether oxygens (including phenoxy) is 2. The molecule has 2 heterocycles. The van der Waals surface area contributed by atoms with Crippen molar-refractivity contribution in [3.63, 3.8) is 0 Å². The van der Waals surface area contributed by atoms with E-state index >= 15 is 0 Å². The molecular weight excluding hydrogens is 578 g/mol. The van der Waals surface area contributed by atoms with Crippen LogP contribution in [0.2, 0.25) is 5.02 Å². The Morgan fingerprint density at radius 1 is 1.07 bits per heavy atom. The third-order valence-electron chi connectivity index (χ3n) is 7.39. The second kappa shape index (κ2) is 11.3. The van der Waals surface area contributed by atoms with E-state index in [1.165, 1.54) is 12.1 Å². The fourth-order valence-electron chi connectivity index (χ4n) is 5.27. The average molecular weight is 610 g/mol. The Balaban J connectivity index is 1.37. The normalized spacial score (nSPS) is 14.7. The quantitative estimate of drug-likeness (QED) is 0.243. The highest BCUT2D eigenvalue weighted by Gasteiger charge is 2.30. The van der Waals surface area contributed by atoms with Crippen molar-refractivity contribution in [2.75, 3.05) is 11.9 Å². The molecule has 0 saturated carbocycles. The molecule has 220 valence electrons. The maximum Gasteiger partial charge on any atom is 0.267 e. The van der Waals surface area contributed by atoms with Crippen molar-refractivity contribution in [2.24, 2.45) is 0 Å². The number of aromatic nitrogens is 1. The third-order valence-corrected chi connectivity index (χ3v) is 9.46. The Morgan fingerprint density at radius 2 is 1.76 bits per heavy atom. The second-order valence-corrected chi connectivity index (χ2v) is 12.5. The average Bonchev–Trinajstić information content (AvgIpc) is 3.21. The van der Waals surface area contributed by atoms with Gasteiger partial charge in [-0.2, -0.15) is 0 Å². The van der Waals surface area contributed by atoms with E-state index in [0.717, 1.165) is 27.4 Å². The van der Waals surface area contributed by atoms with Crippen molar-refractivity contribution in [3.8, 4) is 11.5 Å². The molecule has 2 N–H and O–H groups in total. The number of nitrogens with zero attached hydrogens (tertiary/aromatic N) is 1. The molecule has 3 aromatic carbocycles. The summed E-state index contributed by atoms with van der Waals surface area (Å²) in [5, 5.41) is 4.07. The molecule has 9 nitrogen and oxygen atoms in total. The lowest BCUT2D eigenvalue weighted by Gasteiger charge is -2.24. The minimum atomic E-state index is -4.27. The van der Waals surface area contributed by atoms with Crippen LogP contribution in [0.3, 0.4) is 0 Å². The molecule has 0 saturated heterocycles. The minimum absolute atomic E-state index is 0.107. The topological polar surface area (TPSA) is 116 Å². The summed E-state index contributed by atoms with van der Waals surface area (Å²) in [6.07, 6.45) is -0.118. The smallest absolute Gasteiger partial charge is 0.267 e. The number of halogens is 1. The van der Waals surface area contributed by atoms with Crippen LogP contribution in [0.15, 0.2) is 53.4 Å². The minimum Gasteiger partial charge on any atom is -0.494 e. The highest BCUT2D eigenvalue weighted by atomic mass is 35.5. The van der Waals surface area contributed by atoms with Gasteiger partial charge in [0.05, 0.1) is 22.8 Å². The molecule has 0 spiro atoms. The molecule has 1 aliphatic heterocycles. The summed E-state index contributed by atoms with van der Waals surface area (Å²) in [5.74, 6) is -0.0853. The van der Waals surface area contributed by atoms with Gasteiger partial charge in [-0.25, -0.2) is 13.1 Å². The zero-order valence-corrected chi connectivity index (χ0v) is 25.6. The molecule has 2 amide bonds. The van der Waals surface area contributed by atoms with Crippen LogP contribution in [0.4, 0.5) is 5.69 Å². The van der Waals surface area contributed by atoms with Crippen molar-refractivity contribution in [1.29, 1.82) is 0 Å². The van der Waals surface area contributed by atoms with Crippen molar-refractivity contribution in [1.82, 2.24) is 9.29 Å². The van der Waals surface area contributed by atoms with Crippen LogP contribution in [0.5, 0.6) is 11.5 Å². The molecule has 0 aliphatic carbocycles. The number of rotatable bonds is 8. The van der Waals surface area contributed by atoms with E-state index in [2.05, 4.69) is 10.0 Å². The number of carbonyl (C=O) groups is 2. The van der Waals surface area contributed by atoms with Crippen LogP contribution in [-0.4, -0.2) is 37.5 Å². The largest absolute Gasteiger partial charge is 0.494 e. The number of para-hydroxylation sites is 1. The Morgan fingerprint density at radius 3 is 2.48 bits per heavy atom. The predicted octanol–water partition coefficient (Wildman–Crippen LogP) is 5.84. The SMILES string of the molecule is Cc1cc2c(cc1S(=O)(=O)NC(=O)c1c(C)n(CCCOc3cc(C)c(Cl)c(C)c3)c3ccccc13)OC(C)C(=O)N2. The second-order valence-electron chi connectivity index (χ2n) is 10.5. The molecule has 0 radical (unpaired) electrons. The summed E-state index contributed by atoms with van der Waals surface area (Å²) in [7, 11) is -4.27. The molecule has 0 fully saturated rings. The van der Waals surface area contributed by atoms with Crippen molar-refractivity contribution in [3.05, 3.63) is 81.5 Å². The van der Waals surface area contributed by atoms with Crippen molar-refractivity contribution < 1.29 is 27.5 Å². The first-order valence-corrected chi connectivity index (χ1v) is 15.4. The summed E-state index contributed by atoms with van der Waals surface area (Å²) >= 11 is 6.26. The van der Waals surface area contributed by atoms with Crippen molar-refractivity contribution >= 4 is 50.0 Å². The molecule has 1 unspecified atom stereocenters. The van der Waals surface area contributed by atoms with Gasteiger partial charge in [0.15, 0.2) is 6.10 Å². The number of nitrogens with one attached hydrogen (secondary N) is 2. The maximum atomic E-state index is 13.6. The zero-order chi connectivity index (χ0) is 30.3. The monoisotopic (exact) mass is 609 g/mol. The van der Waals surface area contributed by atoms with Gasteiger partial charge in [-0.1, -0.05) is 29.8 Å². The molecular formula is C31H32ClN3O6S. The first-order valence-electron chi connectivity index (χ1n) is 13.5. The van der Waals surface area contributed by atoms with Gasteiger partial charge in [-0.05, 0) is 82.0 Å². The number of aryl methyl sites for hydroxylation is 4. The van der Waals surface area contributed by atoms with Crippen LogP contribution in [0, 0.1) is 27.7 Å². The molecule has 0 bridgehead atoms. The van der Waals surface area contributed by atoms with Gasteiger partial charge in [0.2, 0.25) is 0 Å². The third kappa shape index (κ3) is 5.56. The van der Waals surface area contributed by atoms with Gasteiger partial charge in [-0.15, -0.1) is 0 Å². The van der Waals surface area contributed by atoms with Crippen molar-refractivity contribution in [2.45, 2.75) is 58.6 Å². The number of sulfonamides is 1. The number of hydrogen-bond acceptors (Lipinski definition) is 6. The Bertz CT molecular complexity index is 1820. The number of amides is 2. The molecule has 1 aromatic heterocycles. The number of fused-ring (bicyclic) bond motifs is 2. The van der Waals surface area contributed by atoms with E-state index in [-0.39, 0.29) is 22.1 Å². The molecule has 5 rings (SSSR count). The Kier molecular flexibility index (Phi) is 7.96. The van der Waals surface area contributed by atoms with E-state index in [4.69, 9.17) is 21.1 Å². The lowest BCUT2D eigenvalue weighted by atomic mass is 10.1. The van der Waals surface area contributed by atoms with E-state index in [1.807, 2.05) is 48.7 Å². The lowest BCUT2D eigenvalue weighted by Crippen LogP contribution is -2.35. The Labute approximate surface area is 249 Å².